The summed E-state index contributed by atoms with van der Waals surface area (Å²) in [6.07, 6.45) is 10.0. The van der Waals surface area contributed by atoms with Gasteiger partial charge in [-0.2, -0.15) is 5.26 Å². The fourth-order valence-corrected chi connectivity index (χ4v) is 5.41. The Kier molecular flexibility index (Phi) is 3.31. The molecular formula is C17H26N2O. The highest BCUT2D eigenvalue weighted by molar-refractivity contribution is 5.77. The van der Waals surface area contributed by atoms with Gasteiger partial charge in [-0.15, -0.1) is 0 Å². The second-order valence-electron chi connectivity index (χ2n) is 8.20. The van der Waals surface area contributed by atoms with Crippen molar-refractivity contribution in [1.82, 2.24) is 5.32 Å². The van der Waals surface area contributed by atoms with E-state index in [1.807, 2.05) is 0 Å². The number of nitriles is 1. The van der Waals surface area contributed by atoms with Crippen LogP contribution in [0.15, 0.2) is 0 Å². The Labute approximate surface area is 122 Å². The van der Waals surface area contributed by atoms with Crippen molar-refractivity contribution < 1.29 is 4.79 Å². The molecule has 0 aromatic rings. The Bertz CT molecular complexity index is 411. The lowest BCUT2D eigenvalue weighted by Gasteiger charge is -2.57. The second-order valence-corrected chi connectivity index (χ2v) is 8.20. The third-order valence-corrected chi connectivity index (χ3v) is 5.78. The largest absolute Gasteiger partial charge is 0.338 e. The van der Waals surface area contributed by atoms with Crippen LogP contribution in [0.4, 0.5) is 0 Å². The van der Waals surface area contributed by atoms with E-state index in [4.69, 9.17) is 5.26 Å². The summed E-state index contributed by atoms with van der Waals surface area (Å²) in [5.74, 6) is 2.88. The molecule has 0 atom stereocenters. The monoisotopic (exact) mass is 274 g/mol. The van der Waals surface area contributed by atoms with Crippen molar-refractivity contribution in [3.63, 3.8) is 0 Å². The van der Waals surface area contributed by atoms with E-state index in [0.717, 1.165) is 24.2 Å². The summed E-state index contributed by atoms with van der Waals surface area (Å²) in [5.41, 5.74) is -0.276. The lowest BCUT2D eigenvalue weighted by molar-refractivity contribution is -0.124. The molecule has 4 bridgehead atoms. The number of nitrogens with zero attached hydrogens (tertiary/aromatic N) is 1. The molecule has 110 valence electrons. The molecule has 4 rings (SSSR count). The van der Waals surface area contributed by atoms with E-state index in [1.165, 1.54) is 38.5 Å². The first-order chi connectivity index (χ1) is 9.40. The van der Waals surface area contributed by atoms with Gasteiger partial charge in [0.25, 0.3) is 0 Å². The Morgan fingerprint density at radius 1 is 1.20 bits per heavy atom. The van der Waals surface area contributed by atoms with Crippen molar-refractivity contribution in [2.45, 2.75) is 70.8 Å². The minimum Gasteiger partial charge on any atom is -0.338 e. The zero-order valence-electron chi connectivity index (χ0n) is 12.7. The normalized spacial score (nSPS) is 38.5. The quantitative estimate of drug-likeness (QED) is 0.854. The molecule has 0 heterocycles. The number of nitrogens with one attached hydrogen (secondary N) is 1. The van der Waals surface area contributed by atoms with Crippen molar-refractivity contribution in [3.05, 3.63) is 0 Å². The molecule has 0 aromatic carbocycles. The van der Waals surface area contributed by atoms with Gasteiger partial charge in [0, 0.05) is 6.42 Å². The van der Waals surface area contributed by atoms with Crippen LogP contribution in [0.1, 0.15) is 65.2 Å². The van der Waals surface area contributed by atoms with Gasteiger partial charge in [-0.25, -0.2) is 0 Å². The van der Waals surface area contributed by atoms with Gasteiger partial charge in [0.2, 0.25) is 5.91 Å². The molecule has 4 aliphatic rings. The molecule has 0 unspecified atom stereocenters. The molecule has 0 aliphatic heterocycles. The number of carbonyl (C=O) groups excluding carboxylic acids is 1. The topological polar surface area (TPSA) is 52.9 Å². The van der Waals surface area contributed by atoms with Crippen molar-refractivity contribution in [2.24, 2.45) is 23.2 Å². The maximum absolute atomic E-state index is 12.0. The van der Waals surface area contributed by atoms with Crippen LogP contribution < -0.4 is 5.32 Å². The first kappa shape index (κ1) is 13.9. The minimum atomic E-state index is -0.738. The zero-order chi connectivity index (χ0) is 14.4. The van der Waals surface area contributed by atoms with Gasteiger partial charge in [-0.1, -0.05) is 0 Å². The summed E-state index contributed by atoms with van der Waals surface area (Å²) in [5, 5.41) is 11.8. The number of hydrogen-bond donors (Lipinski definition) is 1. The van der Waals surface area contributed by atoms with Gasteiger partial charge >= 0.3 is 0 Å². The number of hydrogen-bond acceptors (Lipinski definition) is 2. The smallest absolute Gasteiger partial charge is 0.221 e. The van der Waals surface area contributed by atoms with Crippen molar-refractivity contribution >= 4 is 5.91 Å². The highest BCUT2D eigenvalue weighted by Gasteiger charge is 2.50. The van der Waals surface area contributed by atoms with Crippen molar-refractivity contribution in [3.8, 4) is 6.07 Å². The molecule has 4 fully saturated rings. The molecule has 1 N–H and O–H groups in total. The first-order valence-electron chi connectivity index (χ1n) is 8.12. The molecular weight excluding hydrogens is 248 g/mol. The molecule has 3 heteroatoms. The standard InChI is InChI=1S/C17H26N2O/c1-16(2,11-18)19-15(20)3-4-17-8-12-5-13(9-17)7-14(6-12)10-17/h12-14H,3-10H2,1-2H3,(H,19,20). The lowest BCUT2D eigenvalue weighted by Crippen LogP contribution is -2.47. The third-order valence-electron chi connectivity index (χ3n) is 5.78. The summed E-state index contributed by atoms with van der Waals surface area (Å²) in [7, 11) is 0. The predicted octanol–water partition coefficient (Wildman–Crippen LogP) is 3.40. The summed E-state index contributed by atoms with van der Waals surface area (Å²) in [6, 6.07) is 2.13. The van der Waals surface area contributed by atoms with Gasteiger partial charge in [0.1, 0.15) is 5.54 Å². The molecule has 1 amide bonds. The number of carbonyl (C=O) groups is 1. The van der Waals surface area contributed by atoms with Crippen LogP contribution in [0.2, 0.25) is 0 Å². The maximum Gasteiger partial charge on any atom is 0.221 e. The van der Waals surface area contributed by atoms with E-state index < -0.39 is 5.54 Å². The fraction of sp³-hybridized carbons (Fsp3) is 0.882. The van der Waals surface area contributed by atoms with E-state index in [1.54, 1.807) is 13.8 Å². The molecule has 3 nitrogen and oxygen atoms in total. The SMILES string of the molecule is CC(C)(C#N)NC(=O)CCC12CC3CC(CC(C3)C1)C2. The molecule has 4 saturated carbocycles. The van der Waals surface area contributed by atoms with Crippen LogP contribution in [-0.4, -0.2) is 11.4 Å². The number of rotatable bonds is 4. The van der Waals surface area contributed by atoms with Crippen LogP contribution in [0.25, 0.3) is 0 Å². The van der Waals surface area contributed by atoms with Gasteiger partial charge in [0.05, 0.1) is 6.07 Å². The van der Waals surface area contributed by atoms with E-state index >= 15 is 0 Å². The van der Waals surface area contributed by atoms with Gasteiger partial charge in [-0.3, -0.25) is 4.79 Å². The van der Waals surface area contributed by atoms with E-state index in [-0.39, 0.29) is 5.91 Å². The van der Waals surface area contributed by atoms with Gasteiger partial charge in [0.15, 0.2) is 0 Å². The zero-order valence-corrected chi connectivity index (χ0v) is 12.7. The molecule has 20 heavy (non-hydrogen) atoms. The summed E-state index contributed by atoms with van der Waals surface area (Å²) < 4.78 is 0. The Morgan fingerprint density at radius 2 is 1.70 bits per heavy atom. The highest BCUT2D eigenvalue weighted by atomic mass is 16.1. The summed E-state index contributed by atoms with van der Waals surface area (Å²) >= 11 is 0. The van der Waals surface area contributed by atoms with Crippen LogP contribution >= 0.6 is 0 Å². The average Bonchev–Trinajstić information content (AvgIpc) is 2.34. The summed E-state index contributed by atoms with van der Waals surface area (Å²) in [6.45, 7) is 3.52. The average molecular weight is 274 g/mol. The number of amides is 1. The van der Waals surface area contributed by atoms with E-state index in [0.29, 0.717) is 11.8 Å². The van der Waals surface area contributed by atoms with Crippen LogP contribution in [0.5, 0.6) is 0 Å². The highest BCUT2D eigenvalue weighted by Crippen LogP contribution is 2.61. The minimum absolute atomic E-state index is 0.0484. The predicted molar refractivity (Wildman–Crippen MR) is 77.7 cm³/mol. The Morgan fingerprint density at radius 3 is 2.15 bits per heavy atom. The van der Waals surface area contributed by atoms with Crippen LogP contribution in [-0.2, 0) is 4.79 Å². The molecule has 0 spiro atoms. The molecule has 0 saturated heterocycles. The van der Waals surface area contributed by atoms with Crippen LogP contribution in [0, 0.1) is 34.5 Å². The van der Waals surface area contributed by atoms with Crippen molar-refractivity contribution in [2.75, 3.05) is 0 Å². The maximum atomic E-state index is 12.0. The van der Waals surface area contributed by atoms with E-state index in [9.17, 15) is 4.79 Å². The van der Waals surface area contributed by atoms with E-state index in [2.05, 4.69) is 11.4 Å². The second kappa shape index (κ2) is 4.76. The lowest BCUT2D eigenvalue weighted by atomic mass is 9.48. The fourth-order valence-electron chi connectivity index (χ4n) is 5.41. The van der Waals surface area contributed by atoms with Gasteiger partial charge < -0.3 is 5.32 Å². The molecule has 0 aromatic heterocycles. The van der Waals surface area contributed by atoms with Crippen molar-refractivity contribution in [1.29, 1.82) is 5.26 Å². The third kappa shape index (κ3) is 2.71. The van der Waals surface area contributed by atoms with Gasteiger partial charge in [-0.05, 0) is 82.0 Å². The summed E-state index contributed by atoms with van der Waals surface area (Å²) in [4.78, 5) is 12.0. The Hall–Kier alpha value is -1.04. The molecule has 4 aliphatic carbocycles. The molecule has 0 radical (unpaired) electrons. The first-order valence-corrected chi connectivity index (χ1v) is 8.12. The Balaban J connectivity index is 1.56. The van der Waals surface area contributed by atoms with Crippen LogP contribution in [0.3, 0.4) is 0 Å².